The molecule has 10 aromatic carbocycles. The van der Waals surface area contributed by atoms with Gasteiger partial charge in [0.25, 0.3) is 0 Å². The monoisotopic (exact) mass is 765 g/mol. The Bertz CT molecular complexity index is 3310. The van der Waals surface area contributed by atoms with E-state index in [4.69, 9.17) is 4.42 Å². The zero-order valence-electron chi connectivity index (χ0n) is 32.9. The van der Waals surface area contributed by atoms with E-state index in [0.29, 0.717) is 0 Å². The van der Waals surface area contributed by atoms with Crippen molar-refractivity contribution in [2.75, 3.05) is 4.90 Å². The third-order valence-corrected chi connectivity index (χ3v) is 11.7. The van der Waals surface area contributed by atoms with Crippen molar-refractivity contribution in [1.29, 1.82) is 0 Å². The van der Waals surface area contributed by atoms with E-state index in [0.717, 1.165) is 66.8 Å². The molecular weight excluding hydrogens is 727 g/mol. The van der Waals surface area contributed by atoms with Gasteiger partial charge in [-0.1, -0.05) is 188 Å². The van der Waals surface area contributed by atoms with Gasteiger partial charge in [-0.15, -0.1) is 0 Å². The number of anilines is 3. The third-order valence-electron chi connectivity index (χ3n) is 11.7. The lowest BCUT2D eigenvalue weighted by molar-refractivity contribution is 0.669. The van der Waals surface area contributed by atoms with E-state index < -0.39 is 0 Å². The van der Waals surface area contributed by atoms with Crippen LogP contribution in [0.5, 0.6) is 0 Å². The van der Waals surface area contributed by atoms with Crippen LogP contribution in [0.15, 0.2) is 241 Å². The summed E-state index contributed by atoms with van der Waals surface area (Å²) in [4.78, 5) is 2.46. The summed E-state index contributed by atoms with van der Waals surface area (Å²) < 4.78 is 6.23. The normalized spacial score (nSPS) is 11.3. The lowest BCUT2D eigenvalue weighted by atomic mass is 9.90. The van der Waals surface area contributed by atoms with Crippen molar-refractivity contribution in [3.05, 3.63) is 237 Å². The second kappa shape index (κ2) is 15.1. The van der Waals surface area contributed by atoms with Gasteiger partial charge >= 0.3 is 0 Å². The van der Waals surface area contributed by atoms with Gasteiger partial charge in [-0.2, -0.15) is 0 Å². The second-order valence-corrected chi connectivity index (χ2v) is 15.3. The molecule has 0 bridgehead atoms. The highest BCUT2D eigenvalue weighted by Gasteiger charge is 2.23. The molecule has 0 atom stereocenters. The van der Waals surface area contributed by atoms with Gasteiger partial charge in [0.15, 0.2) is 0 Å². The molecule has 60 heavy (non-hydrogen) atoms. The smallest absolute Gasteiger partial charge is 0.135 e. The molecule has 0 aliphatic heterocycles. The molecule has 0 amide bonds. The summed E-state index contributed by atoms with van der Waals surface area (Å²) in [6.45, 7) is 0. The van der Waals surface area contributed by atoms with Gasteiger partial charge in [0.1, 0.15) is 11.2 Å². The Hall–Kier alpha value is -7.94. The molecule has 1 heterocycles. The van der Waals surface area contributed by atoms with Crippen molar-refractivity contribution in [3.63, 3.8) is 0 Å². The molecule has 2 nitrogen and oxygen atoms in total. The summed E-state index contributed by atoms with van der Waals surface area (Å²) in [5.74, 6) is 0. The molecule has 11 rings (SSSR count). The standard InChI is InChI=1S/C58H39NO/c1-4-17-40(18-5-1)45-33-35-55(52(38-45)42-21-8-3-9-22-42)59(47-26-14-25-44(37-47)46-34-36-57-53(39-46)50-28-11-13-32-56(50)60-57)54-31-12-10-27-49(54)51-30-16-24-43-23-15-29-48(58(43)51)41-19-6-2-7-20-41/h1-39H. The summed E-state index contributed by atoms with van der Waals surface area (Å²) in [6.07, 6.45) is 0. The molecule has 0 spiro atoms. The minimum Gasteiger partial charge on any atom is -0.456 e. The maximum absolute atomic E-state index is 6.23. The van der Waals surface area contributed by atoms with Crippen LogP contribution in [0.3, 0.4) is 0 Å². The molecule has 0 aliphatic rings. The minimum atomic E-state index is 0.891. The van der Waals surface area contributed by atoms with Crippen molar-refractivity contribution >= 4 is 49.8 Å². The van der Waals surface area contributed by atoms with E-state index in [1.54, 1.807) is 0 Å². The van der Waals surface area contributed by atoms with Gasteiger partial charge in [0, 0.05) is 27.6 Å². The first-order chi connectivity index (χ1) is 29.8. The highest BCUT2D eigenvalue weighted by atomic mass is 16.3. The Kier molecular flexibility index (Phi) is 8.87. The van der Waals surface area contributed by atoms with Gasteiger partial charge in [0.2, 0.25) is 0 Å². The zero-order valence-corrected chi connectivity index (χ0v) is 32.9. The SMILES string of the molecule is c1ccc(-c2ccc(N(c3cccc(-c4ccc5oc6ccccc6c5c4)c3)c3ccccc3-c3cccc4cccc(-c5ccccc5)c34)c(-c3ccccc3)c2)cc1. The second-order valence-electron chi connectivity index (χ2n) is 15.3. The first kappa shape index (κ1) is 35.2. The molecule has 0 radical (unpaired) electrons. The Morgan fingerprint density at radius 3 is 1.60 bits per heavy atom. The van der Waals surface area contributed by atoms with Crippen molar-refractivity contribution in [2.45, 2.75) is 0 Å². The van der Waals surface area contributed by atoms with Crippen LogP contribution in [0.2, 0.25) is 0 Å². The number of para-hydroxylation sites is 2. The van der Waals surface area contributed by atoms with Crippen molar-refractivity contribution in [2.24, 2.45) is 0 Å². The molecule has 282 valence electrons. The van der Waals surface area contributed by atoms with Gasteiger partial charge in [-0.05, 0) is 104 Å². The molecular formula is C58H39NO. The summed E-state index contributed by atoms with van der Waals surface area (Å²) in [7, 11) is 0. The average molecular weight is 766 g/mol. The number of fused-ring (bicyclic) bond motifs is 4. The largest absolute Gasteiger partial charge is 0.456 e. The zero-order chi connectivity index (χ0) is 39.8. The average Bonchev–Trinajstić information content (AvgIpc) is 3.71. The van der Waals surface area contributed by atoms with Gasteiger partial charge in [-0.25, -0.2) is 0 Å². The lowest BCUT2D eigenvalue weighted by Gasteiger charge is -2.31. The molecule has 2 heteroatoms. The van der Waals surface area contributed by atoms with E-state index in [1.165, 1.54) is 38.6 Å². The van der Waals surface area contributed by atoms with Crippen LogP contribution in [-0.4, -0.2) is 0 Å². The number of furan rings is 1. The number of hydrogen-bond donors (Lipinski definition) is 0. The van der Waals surface area contributed by atoms with E-state index in [-0.39, 0.29) is 0 Å². The van der Waals surface area contributed by atoms with E-state index in [1.807, 2.05) is 12.1 Å². The Morgan fingerprint density at radius 2 is 0.817 bits per heavy atom. The Labute approximate surface area is 349 Å². The fourth-order valence-corrected chi connectivity index (χ4v) is 8.85. The Balaban J connectivity index is 1.17. The molecule has 0 unspecified atom stereocenters. The first-order valence-electron chi connectivity index (χ1n) is 20.5. The topological polar surface area (TPSA) is 16.4 Å². The van der Waals surface area contributed by atoms with Crippen LogP contribution in [0.25, 0.3) is 88.3 Å². The molecule has 0 N–H and O–H groups in total. The molecule has 11 aromatic rings. The van der Waals surface area contributed by atoms with Crippen molar-refractivity contribution in [3.8, 4) is 55.6 Å². The van der Waals surface area contributed by atoms with Gasteiger partial charge < -0.3 is 9.32 Å². The quantitative estimate of drug-likeness (QED) is 0.153. The number of rotatable bonds is 8. The highest BCUT2D eigenvalue weighted by Crippen LogP contribution is 2.48. The van der Waals surface area contributed by atoms with Crippen LogP contribution in [0.1, 0.15) is 0 Å². The van der Waals surface area contributed by atoms with E-state index >= 15 is 0 Å². The first-order valence-corrected chi connectivity index (χ1v) is 20.5. The fraction of sp³-hybridized carbons (Fsp3) is 0. The van der Waals surface area contributed by atoms with E-state index in [2.05, 4.69) is 229 Å². The van der Waals surface area contributed by atoms with E-state index in [9.17, 15) is 0 Å². The predicted molar refractivity (Wildman–Crippen MR) is 253 cm³/mol. The maximum atomic E-state index is 6.23. The summed E-state index contributed by atoms with van der Waals surface area (Å²) >= 11 is 0. The maximum Gasteiger partial charge on any atom is 0.135 e. The summed E-state index contributed by atoms with van der Waals surface area (Å²) in [5.41, 5.74) is 16.7. The fourth-order valence-electron chi connectivity index (χ4n) is 8.85. The molecule has 0 saturated heterocycles. The van der Waals surface area contributed by atoms with Gasteiger partial charge in [-0.3, -0.25) is 0 Å². The summed E-state index contributed by atoms with van der Waals surface area (Å²) in [5, 5.41) is 4.67. The number of hydrogen-bond acceptors (Lipinski definition) is 2. The van der Waals surface area contributed by atoms with Gasteiger partial charge in [0.05, 0.1) is 11.4 Å². The minimum absolute atomic E-state index is 0.891. The summed E-state index contributed by atoms with van der Waals surface area (Å²) in [6, 6.07) is 85.1. The number of nitrogens with zero attached hydrogens (tertiary/aromatic N) is 1. The molecule has 1 aromatic heterocycles. The lowest BCUT2D eigenvalue weighted by Crippen LogP contribution is -2.13. The Morgan fingerprint density at radius 1 is 0.283 bits per heavy atom. The molecule has 0 fully saturated rings. The van der Waals surface area contributed by atoms with Crippen LogP contribution in [-0.2, 0) is 0 Å². The number of benzene rings is 10. The molecule has 0 aliphatic carbocycles. The van der Waals surface area contributed by atoms with Crippen LogP contribution < -0.4 is 4.90 Å². The van der Waals surface area contributed by atoms with Crippen molar-refractivity contribution in [1.82, 2.24) is 0 Å². The van der Waals surface area contributed by atoms with Crippen LogP contribution in [0, 0.1) is 0 Å². The molecule has 0 saturated carbocycles. The highest BCUT2D eigenvalue weighted by molar-refractivity contribution is 6.10. The van der Waals surface area contributed by atoms with Crippen molar-refractivity contribution < 1.29 is 4.42 Å². The van der Waals surface area contributed by atoms with Crippen LogP contribution >= 0.6 is 0 Å². The predicted octanol–water partition coefficient (Wildman–Crippen LogP) is 16.5. The third kappa shape index (κ3) is 6.32. The van der Waals surface area contributed by atoms with Crippen LogP contribution in [0.4, 0.5) is 17.1 Å².